The number of nitrogens with one attached hydrogen (secondary N) is 1. The van der Waals surface area contributed by atoms with Gasteiger partial charge in [-0.15, -0.1) is 17.9 Å². The molecule has 0 unspecified atom stereocenters. The van der Waals surface area contributed by atoms with Gasteiger partial charge in [-0.05, 0) is 25.5 Å². The number of aryl methyl sites for hydroxylation is 1. The van der Waals surface area contributed by atoms with Crippen LogP contribution in [-0.2, 0) is 0 Å². The van der Waals surface area contributed by atoms with Crippen molar-refractivity contribution in [3.8, 4) is 0 Å². The number of hydrogen-bond donors (Lipinski definition) is 2. The third kappa shape index (κ3) is 2.17. The molecule has 3 N–H and O–H groups in total. The maximum absolute atomic E-state index is 5.97. The average molecular weight is 233 g/mol. The molecule has 0 fully saturated rings. The van der Waals surface area contributed by atoms with Crippen LogP contribution in [0.1, 0.15) is 11.4 Å². The van der Waals surface area contributed by atoms with Gasteiger partial charge < -0.3 is 11.1 Å². The molecule has 2 aromatic rings. The highest BCUT2D eigenvalue weighted by molar-refractivity contribution is 7.18. The lowest BCUT2D eigenvalue weighted by atomic mass is 10.2. The van der Waals surface area contributed by atoms with Gasteiger partial charge in [0.15, 0.2) is 0 Å². The molecule has 0 saturated carbocycles. The van der Waals surface area contributed by atoms with Crippen LogP contribution in [0.3, 0.4) is 0 Å². The van der Waals surface area contributed by atoms with E-state index >= 15 is 0 Å². The van der Waals surface area contributed by atoms with E-state index in [1.165, 1.54) is 0 Å². The van der Waals surface area contributed by atoms with Gasteiger partial charge in [0.2, 0.25) is 0 Å². The number of rotatable bonds is 4. The third-order valence-electron chi connectivity index (χ3n) is 2.33. The lowest BCUT2D eigenvalue weighted by molar-refractivity contribution is 1.07. The fourth-order valence-electron chi connectivity index (χ4n) is 1.57. The lowest BCUT2D eigenvalue weighted by Crippen LogP contribution is -2.03. The Bertz CT molecular complexity index is 516. The summed E-state index contributed by atoms with van der Waals surface area (Å²) < 4.78 is 1.14. The Morgan fingerprint density at radius 3 is 3.12 bits per heavy atom. The second-order valence-corrected chi connectivity index (χ2v) is 4.88. The zero-order chi connectivity index (χ0) is 11.5. The first-order valence-corrected chi connectivity index (χ1v) is 6.04. The maximum atomic E-state index is 5.97. The molecule has 0 spiro atoms. The highest BCUT2D eigenvalue weighted by atomic mass is 32.1. The number of anilines is 2. The SMILES string of the molecule is C=CCCNc1cc2nc(C)sc2cc1N. The number of aromatic nitrogens is 1. The average Bonchev–Trinajstić information content (AvgIpc) is 2.58. The van der Waals surface area contributed by atoms with Crippen molar-refractivity contribution in [3.05, 3.63) is 29.8 Å². The van der Waals surface area contributed by atoms with Gasteiger partial charge in [0.05, 0.1) is 26.6 Å². The van der Waals surface area contributed by atoms with Crippen molar-refractivity contribution in [3.63, 3.8) is 0 Å². The minimum atomic E-state index is 0.778. The normalized spacial score (nSPS) is 10.6. The molecule has 1 heterocycles. The van der Waals surface area contributed by atoms with Gasteiger partial charge in [-0.2, -0.15) is 0 Å². The molecule has 0 aliphatic heterocycles. The summed E-state index contributed by atoms with van der Waals surface area (Å²) >= 11 is 1.67. The molecule has 3 nitrogen and oxygen atoms in total. The second kappa shape index (κ2) is 4.53. The standard InChI is InChI=1S/C12H15N3S/c1-3-4-5-14-10-7-11-12(6-9(10)13)16-8(2)15-11/h3,6-7,14H,1,4-5,13H2,2H3. The first kappa shape index (κ1) is 11.0. The zero-order valence-electron chi connectivity index (χ0n) is 9.29. The molecule has 4 heteroatoms. The molecule has 0 saturated heterocycles. The van der Waals surface area contributed by atoms with Crippen molar-refractivity contribution in [2.75, 3.05) is 17.6 Å². The first-order valence-electron chi connectivity index (χ1n) is 5.22. The van der Waals surface area contributed by atoms with Crippen LogP contribution in [0.25, 0.3) is 10.2 Å². The molecule has 0 aliphatic rings. The monoisotopic (exact) mass is 233 g/mol. The number of nitrogens with two attached hydrogens (primary N) is 1. The van der Waals surface area contributed by atoms with E-state index in [2.05, 4.69) is 16.9 Å². The van der Waals surface area contributed by atoms with Crippen LogP contribution < -0.4 is 11.1 Å². The number of hydrogen-bond acceptors (Lipinski definition) is 4. The summed E-state index contributed by atoms with van der Waals surface area (Å²) in [7, 11) is 0. The molecule has 2 rings (SSSR count). The Morgan fingerprint density at radius 2 is 2.38 bits per heavy atom. The molecule has 84 valence electrons. The van der Waals surface area contributed by atoms with Gasteiger partial charge in [-0.3, -0.25) is 0 Å². The molecule has 0 radical (unpaired) electrons. The summed E-state index contributed by atoms with van der Waals surface area (Å²) in [5.41, 5.74) is 8.72. The molecule has 1 aromatic heterocycles. The predicted octanol–water partition coefficient (Wildman–Crippen LogP) is 3.17. The van der Waals surface area contributed by atoms with Gasteiger partial charge in [-0.1, -0.05) is 6.08 Å². The summed E-state index contributed by atoms with van der Waals surface area (Å²) in [6.45, 7) is 6.54. The smallest absolute Gasteiger partial charge is 0.0907 e. The Morgan fingerprint density at radius 1 is 1.56 bits per heavy atom. The van der Waals surface area contributed by atoms with Gasteiger partial charge in [0.25, 0.3) is 0 Å². The van der Waals surface area contributed by atoms with Crippen molar-refractivity contribution in [1.29, 1.82) is 0 Å². The predicted molar refractivity (Wildman–Crippen MR) is 72.1 cm³/mol. The van der Waals surface area contributed by atoms with Crippen LogP contribution in [-0.4, -0.2) is 11.5 Å². The largest absolute Gasteiger partial charge is 0.397 e. The highest BCUT2D eigenvalue weighted by Crippen LogP contribution is 2.29. The van der Waals surface area contributed by atoms with E-state index in [0.717, 1.165) is 39.6 Å². The van der Waals surface area contributed by atoms with E-state index in [1.54, 1.807) is 11.3 Å². The molecule has 0 bridgehead atoms. The Kier molecular flexibility index (Phi) is 3.10. The van der Waals surface area contributed by atoms with Crippen molar-refractivity contribution in [2.24, 2.45) is 0 Å². The number of nitrogen functional groups attached to an aromatic ring is 1. The molecule has 0 amide bonds. The molecular weight excluding hydrogens is 218 g/mol. The van der Waals surface area contributed by atoms with Crippen LogP contribution in [0.5, 0.6) is 0 Å². The summed E-state index contributed by atoms with van der Waals surface area (Å²) in [5.74, 6) is 0. The highest BCUT2D eigenvalue weighted by Gasteiger charge is 2.05. The fourth-order valence-corrected chi connectivity index (χ4v) is 2.42. The van der Waals surface area contributed by atoms with Crippen LogP contribution in [0, 0.1) is 6.92 Å². The fraction of sp³-hybridized carbons (Fsp3) is 0.250. The van der Waals surface area contributed by atoms with E-state index in [-0.39, 0.29) is 0 Å². The number of fused-ring (bicyclic) bond motifs is 1. The van der Waals surface area contributed by atoms with Crippen molar-refractivity contribution in [2.45, 2.75) is 13.3 Å². The minimum absolute atomic E-state index is 0.778. The van der Waals surface area contributed by atoms with E-state index in [9.17, 15) is 0 Å². The molecule has 0 aliphatic carbocycles. The molecular formula is C12H15N3S. The lowest BCUT2D eigenvalue weighted by Gasteiger charge is -2.07. The van der Waals surface area contributed by atoms with Crippen LogP contribution in [0.2, 0.25) is 0 Å². The van der Waals surface area contributed by atoms with E-state index < -0.39 is 0 Å². The third-order valence-corrected chi connectivity index (χ3v) is 3.26. The van der Waals surface area contributed by atoms with E-state index in [0.29, 0.717) is 0 Å². The van der Waals surface area contributed by atoms with Gasteiger partial charge in [0.1, 0.15) is 0 Å². The van der Waals surface area contributed by atoms with Crippen LogP contribution in [0.4, 0.5) is 11.4 Å². The Hall–Kier alpha value is -1.55. The molecule has 16 heavy (non-hydrogen) atoms. The Labute approximate surface area is 99.0 Å². The van der Waals surface area contributed by atoms with E-state index in [1.807, 2.05) is 25.1 Å². The van der Waals surface area contributed by atoms with Gasteiger partial charge >= 0.3 is 0 Å². The molecule has 0 atom stereocenters. The van der Waals surface area contributed by atoms with E-state index in [4.69, 9.17) is 5.73 Å². The summed E-state index contributed by atoms with van der Waals surface area (Å²) in [5, 5.41) is 4.35. The van der Waals surface area contributed by atoms with Crippen molar-refractivity contribution >= 4 is 32.9 Å². The van der Waals surface area contributed by atoms with Crippen molar-refractivity contribution in [1.82, 2.24) is 4.98 Å². The van der Waals surface area contributed by atoms with Gasteiger partial charge in [-0.25, -0.2) is 4.98 Å². The maximum Gasteiger partial charge on any atom is 0.0907 e. The number of nitrogens with zero attached hydrogens (tertiary/aromatic N) is 1. The van der Waals surface area contributed by atoms with Crippen molar-refractivity contribution < 1.29 is 0 Å². The van der Waals surface area contributed by atoms with Crippen LogP contribution >= 0.6 is 11.3 Å². The number of thiazole rings is 1. The van der Waals surface area contributed by atoms with Crippen LogP contribution in [0.15, 0.2) is 24.8 Å². The summed E-state index contributed by atoms with van der Waals surface area (Å²) in [6.07, 6.45) is 2.81. The topological polar surface area (TPSA) is 50.9 Å². The summed E-state index contributed by atoms with van der Waals surface area (Å²) in [4.78, 5) is 4.45. The summed E-state index contributed by atoms with van der Waals surface area (Å²) in [6, 6.07) is 3.99. The quantitative estimate of drug-likeness (QED) is 0.484. The Balaban J connectivity index is 2.30. The first-order chi connectivity index (χ1) is 7.70. The number of benzene rings is 1. The minimum Gasteiger partial charge on any atom is -0.397 e. The zero-order valence-corrected chi connectivity index (χ0v) is 10.1. The molecule has 1 aromatic carbocycles. The second-order valence-electron chi connectivity index (χ2n) is 3.64. The van der Waals surface area contributed by atoms with Gasteiger partial charge in [0, 0.05) is 6.54 Å².